The van der Waals surface area contributed by atoms with Crippen molar-refractivity contribution >= 4 is 5.96 Å². The van der Waals surface area contributed by atoms with E-state index >= 15 is 0 Å². The molecule has 5 heteroatoms. The maximum absolute atomic E-state index is 9.29. The van der Waals surface area contributed by atoms with Crippen LogP contribution in [-0.4, -0.2) is 56.4 Å². The zero-order valence-electron chi connectivity index (χ0n) is 13.6. The molecule has 22 heavy (non-hydrogen) atoms. The lowest BCUT2D eigenvalue weighted by molar-refractivity contribution is 0.127. The highest BCUT2D eigenvalue weighted by molar-refractivity contribution is 5.79. The van der Waals surface area contributed by atoms with Crippen molar-refractivity contribution in [3.8, 4) is 0 Å². The van der Waals surface area contributed by atoms with E-state index in [0.29, 0.717) is 13.2 Å². The molecule has 0 bridgehead atoms. The van der Waals surface area contributed by atoms with Crippen LogP contribution in [0.1, 0.15) is 18.4 Å². The van der Waals surface area contributed by atoms with Gasteiger partial charge in [-0.15, -0.1) is 0 Å². The molecule has 1 unspecified atom stereocenters. The Balaban J connectivity index is 1.96. The first-order valence-electron chi connectivity index (χ1n) is 7.83. The fraction of sp³-hybridized carbons (Fsp3) is 0.588. The highest BCUT2D eigenvalue weighted by atomic mass is 16.5. The molecule has 1 atom stereocenters. The van der Waals surface area contributed by atoms with Gasteiger partial charge in [0.15, 0.2) is 5.96 Å². The van der Waals surface area contributed by atoms with Crippen LogP contribution in [0, 0.1) is 5.41 Å². The first-order valence-corrected chi connectivity index (χ1v) is 7.83. The van der Waals surface area contributed by atoms with Crippen molar-refractivity contribution in [3.05, 3.63) is 35.9 Å². The minimum Gasteiger partial charge on any atom is -0.396 e. The van der Waals surface area contributed by atoms with Crippen molar-refractivity contribution < 1.29 is 9.84 Å². The molecule has 1 aliphatic heterocycles. The van der Waals surface area contributed by atoms with Gasteiger partial charge in [0.05, 0.1) is 13.2 Å². The molecule has 0 amide bonds. The highest BCUT2D eigenvalue weighted by Gasteiger charge is 2.34. The molecular formula is C17H27N3O2. The monoisotopic (exact) mass is 305 g/mol. The quantitative estimate of drug-likeness (QED) is 0.617. The summed E-state index contributed by atoms with van der Waals surface area (Å²) in [5.41, 5.74) is 1.22. The van der Waals surface area contributed by atoms with Gasteiger partial charge >= 0.3 is 0 Å². The van der Waals surface area contributed by atoms with Crippen LogP contribution in [0.2, 0.25) is 0 Å². The maximum Gasteiger partial charge on any atom is 0.193 e. The molecule has 5 nitrogen and oxygen atoms in total. The van der Waals surface area contributed by atoms with Crippen LogP contribution in [0.25, 0.3) is 0 Å². The van der Waals surface area contributed by atoms with E-state index in [0.717, 1.165) is 32.0 Å². The van der Waals surface area contributed by atoms with Crippen molar-refractivity contribution in [2.45, 2.75) is 19.4 Å². The van der Waals surface area contributed by atoms with Crippen LogP contribution in [0.15, 0.2) is 35.3 Å². The lowest BCUT2D eigenvalue weighted by Crippen LogP contribution is -2.44. The minimum atomic E-state index is 0.0261. The van der Waals surface area contributed by atoms with Crippen LogP contribution >= 0.6 is 0 Å². The van der Waals surface area contributed by atoms with Crippen LogP contribution in [-0.2, 0) is 11.3 Å². The Bertz CT molecular complexity index is 468. The maximum atomic E-state index is 9.29. The predicted molar refractivity (Wildman–Crippen MR) is 88.8 cm³/mol. The number of aliphatic hydroxyl groups is 1. The van der Waals surface area contributed by atoms with Gasteiger partial charge < -0.3 is 20.1 Å². The topological polar surface area (TPSA) is 57.1 Å². The zero-order chi connectivity index (χ0) is 15.8. The predicted octanol–water partition coefficient (Wildman–Crippen LogP) is 1.48. The molecule has 1 aromatic rings. The number of aliphatic hydroxyl groups excluding tert-OH is 1. The molecule has 0 spiro atoms. The standard InChI is InChI=1S/C17H27N3O2/c1-20(2)16(18-12-15-6-4-3-5-7-15)19-13-17(8-10-21)9-11-22-14-17/h3-7,21H,8-14H2,1-2H3,(H,18,19). The van der Waals surface area contributed by atoms with Gasteiger partial charge in [-0.3, -0.25) is 0 Å². The van der Waals surface area contributed by atoms with Gasteiger partial charge in [0.2, 0.25) is 0 Å². The molecule has 1 heterocycles. The number of hydrogen-bond acceptors (Lipinski definition) is 3. The van der Waals surface area contributed by atoms with Crippen molar-refractivity contribution in [1.82, 2.24) is 10.2 Å². The number of benzene rings is 1. The Hall–Kier alpha value is -1.59. The molecule has 2 rings (SSSR count). The van der Waals surface area contributed by atoms with Crippen molar-refractivity contribution in [1.29, 1.82) is 0 Å². The third-order valence-corrected chi connectivity index (χ3v) is 4.13. The van der Waals surface area contributed by atoms with Crippen molar-refractivity contribution in [3.63, 3.8) is 0 Å². The van der Waals surface area contributed by atoms with Gasteiger partial charge in [0.25, 0.3) is 0 Å². The molecule has 1 saturated heterocycles. The van der Waals surface area contributed by atoms with Crippen LogP contribution in [0.3, 0.4) is 0 Å². The third-order valence-electron chi connectivity index (χ3n) is 4.13. The number of aliphatic imine (C=N–C) groups is 1. The SMILES string of the molecule is CN(C)C(=NCc1ccccc1)NCC1(CCO)CCOC1. The van der Waals surface area contributed by atoms with E-state index in [4.69, 9.17) is 4.74 Å². The van der Waals surface area contributed by atoms with Crippen molar-refractivity contribution in [2.75, 3.05) is 40.5 Å². The van der Waals surface area contributed by atoms with Gasteiger partial charge in [-0.05, 0) is 18.4 Å². The first-order chi connectivity index (χ1) is 10.7. The van der Waals surface area contributed by atoms with E-state index in [-0.39, 0.29) is 12.0 Å². The Morgan fingerprint density at radius 2 is 2.14 bits per heavy atom. The lowest BCUT2D eigenvalue weighted by atomic mass is 9.84. The van der Waals surface area contributed by atoms with Gasteiger partial charge in [-0.2, -0.15) is 0 Å². The Morgan fingerprint density at radius 3 is 2.73 bits per heavy atom. The summed E-state index contributed by atoms with van der Waals surface area (Å²) < 4.78 is 5.53. The van der Waals surface area contributed by atoms with E-state index in [9.17, 15) is 5.11 Å². The van der Waals surface area contributed by atoms with Crippen LogP contribution < -0.4 is 5.32 Å². The van der Waals surface area contributed by atoms with Gasteiger partial charge in [-0.25, -0.2) is 4.99 Å². The second kappa shape index (κ2) is 8.15. The summed E-state index contributed by atoms with van der Waals surface area (Å²) in [6.07, 6.45) is 1.75. The Kier molecular flexibility index (Phi) is 6.21. The fourth-order valence-electron chi connectivity index (χ4n) is 2.68. The average Bonchev–Trinajstić information content (AvgIpc) is 2.97. The normalized spacial score (nSPS) is 21.9. The Labute approximate surface area is 133 Å². The molecular weight excluding hydrogens is 278 g/mol. The minimum absolute atomic E-state index is 0.0261. The summed E-state index contributed by atoms with van der Waals surface area (Å²) in [7, 11) is 3.97. The first kappa shape index (κ1) is 16.8. The van der Waals surface area contributed by atoms with E-state index in [1.165, 1.54) is 5.56 Å². The molecule has 1 fully saturated rings. The fourth-order valence-corrected chi connectivity index (χ4v) is 2.68. The number of rotatable bonds is 6. The van der Waals surface area contributed by atoms with E-state index in [1.807, 2.05) is 37.2 Å². The number of hydrogen-bond donors (Lipinski definition) is 2. The Morgan fingerprint density at radius 1 is 1.36 bits per heavy atom. The molecule has 1 aliphatic rings. The summed E-state index contributed by atoms with van der Waals surface area (Å²) in [5, 5.41) is 12.7. The summed E-state index contributed by atoms with van der Waals surface area (Å²) in [4.78, 5) is 6.67. The van der Waals surface area contributed by atoms with Crippen LogP contribution in [0.4, 0.5) is 0 Å². The number of nitrogens with one attached hydrogen (secondary N) is 1. The van der Waals surface area contributed by atoms with E-state index < -0.39 is 0 Å². The smallest absolute Gasteiger partial charge is 0.193 e. The number of guanidine groups is 1. The molecule has 0 radical (unpaired) electrons. The summed E-state index contributed by atoms with van der Waals surface area (Å²) >= 11 is 0. The summed E-state index contributed by atoms with van der Waals surface area (Å²) in [5.74, 6) is 0.869. The number of nitrogens with zero attached hydrogens (tertiary/aromatic N) is 2. The van der Waals surface area contributed by atoms with E-state index in [2.05, 4.69) is 22.4 Å². The molecule has 2 N–H and O–H groups in total. The molecule has 122 valence electrons. The molecule has 0 aliphatic carbocycles. The molecule has 0 aromatic heterocycles. The van der Waals surface area contributed by atoms with Gasteiger partial charge in [-0.1, -0.05) is 30.3 Å². The van der Waals surface area contributed by atoms with Crippen LogP contribution in [0.5, 0.6) is 0 Å². The third kappa shape index (κ3) is 4.71. The number of ether oxygens (including phenoxy) is 1. The van der Waals surface area contributed by atoms with Crippen molar-refractivity contribution in [2.24, 2.45) is 10.4 Å². The highest BCUT2D eigenvalue weighted by Crippen LogP contribution is 2.31. The zero-order valence-corrected chi connectivity index (χ0v) is 13.6. The van der Waals surface area contributed by atoms with Gasteiger partial charge in [0.1, 0.15) is 0 Å². The summed E-state index contributed by atoms with van der Waals surface area (Å²) in [6, 6.07) is 10.2. The van der Waals surface area contributed by atoms with E-state index in [1.54, 1.807) is 0 Å². The van der Waals surface area contributed by atoms with Gasteiger partial charge in [0, 0.05) is 39.3 Å². The summed E-state index contributed by atoms with van der Waals surface area (Å²) in [6.45, 7) is 3.12. The average molecular weight is 305 g/mol. The molecule has 0 saturated carbocycles. The second-order valence-electron chi connectivity index (χ2n) is 6.15. The largest absolute Gasteiger partial charge is 0.396 e. The molecule has 1 aromatic carbocycles. The lowest BCUT2D eigenvalue weighted by Gasteiger charge is -2.29. The second-order valence-corrected chi connectivity index (χ2v) is 6.15.